The van der Waals surface area contributed by atoms with Crippen LogP contribution in [0.1, 0.15) is 6.92 Å². The Morgan fingerprint density at radius 1 is 1.19 bits per heavy atom. The van der Waals surface area contributed by atoms with Gasteiger partial charge in [-0.2, -0.15) is 5.10 Å². The number of aryl methyl sites for hydroxylation is 1. The van der Waals surface area contributed by atoms with Crippen molar-refractivity contribution in [2.45, 2.75) is 23.4 Å². The molecule has 0 aromatic carbocycles. The lowest BCUT2D eigenvalue weighted by Gasteiger charge is -2.08. The first-order valence-electron chi connectivity index (χ1n) is 6.59. The minimum atomic E-state index is 0.686. The van der Waals surface area contributed by atoms with Gasteiger partial charge in [0.05, 0.1) is 12.4 Å². The highest BCUT2D eigenvalue weighted by Gasteiger charge is 2.06. The van der Waals surface area contributed by atoms with Gasteiger partial charge in [-0.1, -0.05) is 17.8 Å². The van der Waals surface area contributed by atoms with Crippen molar-refractivity contribution in [1.29, 1.82) is 0 Å². The number of hydrogen-bond acceptors (Lipinski definition) is 5. The van der Waals surface area contributed by atoms with Gasteiger partial charge in [0.1, 0.15) is 10.8 Å². The van der Waals surface area contributed by atoms with Crippen LogP contribution in [0.15, 0.2) is 65.0 Å². The highest BCUT2D eigenvalue weighted by Crippen LogP contribution is 2.29. The zero-order valence-electron chi connectivity index (χ0n) is 11.5. The Morgan fingerprint density at radius 2 is 2.14 bits per heavy atom. The molecule has 3 rings (SSSR count). The minimum Gasteiger partial charge on any atom is -0.438 e. The molecular weight excluding hydrogens is 284 g/mol. The molecule has 6 heteroatoms. The van der Waals surface area contributed by atoms with Gasteiger partial charge >= 0.3 is 0 Å². The van der Waals surface area contributed by atoms with Crippen molar-refractivity contribution in [3.8, 4) is 11.6 Å². The van der Waals surface area contributed by atoms with Crippen LogP contribution in [0.25, 0.3) is 0 Å². The van der Waals surface area contributed by atoms with Crippen LogP contribution in [0.4, 0.5) is 0 Å². The number of hydrogen-bond donors (Lipinski definition) is 0. The third kappa shape index (κ3) is 3.41. The Labute approximate surface area is 127 Å². The average molecular weight is 298 g/mol. The lowest BCUT2D eigenvalue weighted by atomic mass is 10.4. The molecule has 5 nitrogen and oxygen atoms in total. The number of rotatable bonds is 5. The molecule has 3 aromatic heterocycles. The summed E-state index contributed by atoms with van der Waals surface area (Å²) in [5, 5.41) is 5.10. The largest absolute Gasteiger partial charge is 0.438 e. The summed E-state index contributed by atoms with van der Waals surface area (Å²) < 4.78 is 7.61. The highest BCUT2D eigenvalue weighted by atomic mass is 32.2. The number of nitrogens with zero attached hydrogens (tertiary/aromatic N) is 4. The summed E-state index contributed by atoms with van der Waals surface area (Å²) in [5.41, 5.74) is 0. The normalized spacial score (nSPS) is 10.5. The summed E-state index contributed by atoms with van der Waals surface area (Å²) in [5.74, 6) is 1.39. The maximum absolute atomic E-state index is 5.82. The average Bonchev–Trinajstić information content (AvgIpc) is 2.96. The molecule has 0 saturated heterocycles. The van der Waals surface area contributed by atoms with Gasteiger partial charge in [-0.3, -0.25) is 4.98 Å². The summed E-state index contributed by atoms with van der Waals surface area (Å²) >= 11 is 1.55. The van der Waals surface area contributed by atoms with Crippen molar-refractivity contribution in [3.63, 3.8) is 0 Å². The molecule has 0 aliphatic rings. The lowest BCUT2D eigenvalue weighted by Crippen LogP contribution is -1.99. The van der Waals surface area contributed by atoms with Crippen molar-refractivity contribution in [3.05, 3.63) is 55.1 Å². The quantitative estimate of drug-likeness (QED) is 0.720. The van der Waals surface area contributed by atoms with Gasteiger partial charge < -0.3 is 4.74 Å². The van der Waals surface area contributed by atoms with E-state index in [-0.39, 0.29) is 0 Å². The van der Waals surface area contributed by atoms with Gasteiger partial charge in [0.15, 0.2) is 0 Å². The van der Waals surface area contributed by atoms with Crippen LogP contribution in [0.2, 0.25) is 0 Å². The fourth-order valence-electron chi connectivity index (χ4n) is 1.80. The molecule has 0 bridgehead atoms. The summed E-state index contributed by atoms with van der Waals surface area (Å²) in [6.07, 6.45) is 6.98. The van der Waals surface area contributed by atoms with Crippen LogP contribution in [-0.2, 0) is 6.54 Å². The molecule has 21 heavy (non-hydrogen) atoms. The summed E-state index contributed by atoms with van der Waals surface area (Å²) in [6, 6.07) is 9.60. The van der Waals surface area contributed by atoms with E-state index in [0.29, 0.717) is 11.6 Å². The third-order valence-corrected chi connectivity index (χ3v) is 3.66. The Balaban J connectivity index is 1.77. The molecule has 0 radical (unpaired) electrons. The van der Waals surface area contributed by atoms with Crippen molar-refractivity contribution < 1.29 is 4.74 Å². The summed E-state index contributed by atoms with van der Waals surface area (Å²) in [7, 11) is 0. The molecule has 3 heterocycles. The van der Waals surface area contributed by atoms with E-state index in [9.17, 15) is 0 Å². The number of aromatic nitrogens is 4. The zero-order valence-corrected chi connectivity index (χ0v) is 12.3. The molecule has 0 unspecified atom stereocenters. The minimum absolute atomic E-state index is 0.686. The van der Waals surface area contributed by atoms with Crippen LogP contribution >= 0.6 is 11.8 Å². The number of pyridine rings is 2. The first-order chi connectivity index (χ1) is 10.3. The van der Waals surface area contributed by atoms with Crippen LogP contribution in [0.3, 0.4) is 0 Å². The van der Waals surface area contributed by atoms with Gasteiger partial charge in [0, 0.05) is 29.9 Å². The lowest BCUT2D eigenvalue weighted by molar-refractivity contribution is 0.414. The Hall–Kier alpha value is -2.34. The van der Waals surface area contributed by atoms with E-state index in [0.717, 1.165) is 16.5 Å². The Kier molecular flexibility index (Phi) is 4.16. The van der Waals surface area contributed by atoms with Crippen molar-refractivity contribution in [2.24, 2.45) is 0 Å². The molecule has 106 valence electrons. The SMILES string of the molecule is CCn1nccc1Oc1cncc(Sc2ccccn2)c1. The predicted octanol–water partition coefficient (Wildman–Crippen LogP) is 3.64. The van der Waals surface area contributed by atoms with Gasteiger partial charge in [0.25, 0.3) is 0 Å². The van der Waals surface area contributed by atoms with E-state index in [4.69, 9.17) is 4.74 Å². The van der Waals surface area contributed by atoms with Crippen molar-refractivity contribution in [2.75, 3.05) is 0 Å². The Bertz CT molecular complexity index is 714. The molecule has 0 fully saturated rings. The fraction of sp³-hybridized carbons (Fsp3) is 0.133. The maximum atomic E-state index is 5.82. The van der Waals surface area contributed by atoms with Gasteiger partial charge in [-0.15, -0.1) is 0 Å². The standard InChI is InChI=1S/C15H14N4OS/c1-2-19-15(6-8-18-19)20-12-9-13(11-16-10-12)21-14-5-3-4-7-17-14/h3-11H,2H2,1H3. The first-order valence-corrected chi connectivity index (χ1v) is 7.40. The highest BCUT2D eigenvalue weighted by molar-refractivity contribution is 7.99. The second-order valence-electron chi connectivity index (χ2n) is 4.21. The fourth-order valence-corrected chi connectivity index (χ4v) is 2.59. The molecule has 0 saturated carbocycles. The van der Waals surface area contributed by atoms with Crippen LogP contribution in [-0.4, -0.2) is 19.7 Å². The molecule has 0 amide bonds. The van der Waals surface area contributed by atoms with E-state index in [2.05, 4.69) is 15.1 Å². The first kappa shape index (κ1) is 13.6. The van der Waals surface area contributed by atoms with Gasteiger partial charge in [-0.25, -0.2) is 9.67 Å². The van der Waals surface area contributed by atoms with Crippen molar-refractivity contribution in [1.82, 2.24) is 19.7 Å². The third-order valence-electron chi connectivity index (χ3n) is 2.75. The zero-order chi connectivity index (χ0) is 14.5. The van der Waals surface area contributed by atoms with Crippen LogP contribution in [0.5, 0.6) is 11.6 Å². The molecule has 0 aliphatic carbocycles. The predicted molar refractivity (Wildman–Crippen MR) is 80.6 cm³/mol. The summed E-state index contributed by atoms with van der Waals surface area (Å²) in [6.45, 7) is 2.78. The van der Waals surface area contributed by atoms with E-state index < -0.39 is 0 Å². The molecule has 0 aliphatic heterocycles. The monoisotopic (exact) mass is 298 g/mol. The van der Waals surface area contributed by atoms with Gasteiger partial charge in [0.2, 0.25) is 5.88 Å². The topological polar surface area (TPSA) is 52.8 Å². The molecule has 0 spiro atoms. The maximum Gasteiger partial charge on any atom is 0.217 e. The van der Waals surface area contributed by atoms with Crippen molar-refractivity contribution >= 4 is 11.8 Å². The second kappa shape index (κ2) is 6.41. The van der Waals surface area contributed by atoms with E-state index in [1.807, 2.05) is 37.3 Å². The van der Waals surface area contributed by atoms with E-state index >= 15 is 0 Å². The summed E-state index contributed by atoms with van der Waals surface area (Å²) in [4.78, 5) is 9.48. The van der Waals surface area contributed by atoms with E-state index in [1.54, 1.807) is 41.2 Å². The smallest absolute Gasteiger partial charge is 0.217 e. The molecule has 0 atom stereocenters. The number of ether oxygens (including phenoxy) is 1. The van der Waals surface area contributed by atoms with Crippen LogP contribution in [0, 0.1) is 0 Å². The molecular formula is C15H14N4OS. The Morgan fingerprint density at radius 3 is 2.95 bits per heavy atom. The second-order valence-corrected chi connectivity index (χ2v) is 5.31. The van der Waals surface area contributed by atoms with Crippen LogP contribution < -0.4 is 4.74 Å². The molecule has 3 aromatic rings. The molecule has 0 N–H and O–H groups in total. The van der Waals surface area contributed by atoms with Gasteiger partial charge in [-0.05, 0) is 25.1 Å². The van der Waals surface area contributed by atoms with E-state index in [1.165, 1.54) is 0 Å².